The van der Waals surface area contributed by atoms with Crippen LogP contribution in [-0.2, 0) is 5.41 Å². The van der Waals surface area contributed by atoms with Crippen molar-refractivity contribution in [1.82, 2.24) is 0 Å². The highest BCUT2D eigenvalue weighted by molar-refractivity contribution is 5.42. The fraction of sp³-hybridized carbons (Fsp3) is 0.478. The van der Waals surface area contributed by atoms with Crippen LogP contribution in [-0.4, -0.2) is 5.11 Å². The van der Waals surface area contributed by atoms with E-state index in [0.29, 0.717) is 17.1 Å². The summed E-state index contributed by atoms with van der Waals surface area (Å²) in [5.41, 5.74) is 3.11. The van der Waals surface area contributed by atoms with E-state index in [1.807, 2.05) is 26.0 Å². The van der Waals surface area contributed by atoms with Crippen LogP contribution in [0.15, 0.2) is 54.6 Å². The van der Waals surface area contributed by atoms with Crippen molar-refractivity contribution < 1.29 is 5.11 Å². The summed E-state index contributed by atoms with van der Waals surface area (Å²) in [5.74, 6) is 1.04. The van der Waals surface area contributed by atoms with Crippen LogP contribution in [0.3, 0.4) is 0 Å². The van der Waals surface area contributed by atoms with Gasteiger partial charge in [0, 0.05) is 5.41 Å². The number of benzene rings is 2. The molecule has 0 heterocycles. The maximum atomic E-state index is 9.66. The summed E-state index contributed by atoms with van der Waals surface area (Å²) in [6.45, 7) is 11.2. The average molecular weight is 325 g/mol. The standard InChI is InChI=1S/C21H26O.C2H6/c1-16-13-20(2,3)15-21(14-16,17-7-5-4-6-8-17)18-9-11-19(22)12-10-18;1-2/h4-12,16,22H,13-15H2,1-3H3;1-2H3. The summed E-state index contributed by atoms with van der Waals surface area (Å²) in [4.78, 5) is 0. The Morgan fingerprint density at radius 3 is 1.92 bits per heavy atom. The molecule has 2 aromatic carbocycles. The van der Waals surface area contributed by atoms with Gasteiger partial charge in [-0.25, -0.2) is 0 Å². The molecule has 1 aliphatic rings. The molecule has 2 aromatic rings. The average Bonchev–Trinajstić information content (AvgIpc) is 2.56. The van der Waals surface area contributed by atoms with Crippen molar-refractivity contribution in [2.45, 2.75) is 59.3 Å². The highest BCUT2D eigenvalue weighted by atomic mass is 16.3. The maximum Gasteiger partial charge on any atom is 0.115 e. The molecule has 1 heteroatoms. The van der Waals surface area contributed by atoms with Crippen molar-refractivity contribution in [3.63, 3.8) is 0 Å². The van der Waals surface area contributed by atoms with Crippen molar-refractivity contribution in [2.75, 3.05) is 0 Å². The Hall–Kier alpha value is -1.76. The predicted octanol–water partition coefficient (Wildman–Crippen LogP) is 6.55. The van der Waals surface area contributed by atoms with Crippen LogP contribution in [0, 0.1) is 11.3 Å². The van der Waals surface area contributed by atoms with Crippen molar-refractivity contribution in [1.29, 1.82) is 0 Å². The minimum atomic E-state index is 0.0517. The molecule has 1 N–H and O–H groups in total. The van der Waals surface area contributed by atoms with Crippen LogP contribution in [0.1, 0.15) is 65.0 Å². The summed E-state index contributed by atoms with van der Waals surface area (Å²) < 4.78 is 0. The molecule has 0 amide bonds. The Kier molecular flexibility index (Phi) is 5.74. The number of rotatable bonds is 2. The lowest BCUT2D eigenvalue weighted by Gasteiger charge is -2.48. The zero-order valence-electron chi connectivity index (χ0n) is 15.8. The summed E-state index contributed by atoms with van der Waals surface area (Å²) in [6, 6.07) is 18.8. The lowest BCUT2D eigenvalue weighted by Crippen LogP contribution is -2.41. The van der Waals surface area contributed by atoms with Gasteiger partial charge in [0.1, 0.15) is 5.75 Å². The first-order chi connectivity index (χ1) is 11.4. The molecular formula is C23H32O. The molecule has 0 spiro atoms. The summed E-state index contributed by atoms with van der Waals surface area (Å²) >= 11 is 0. The zero-order chi connectivity index (χ0) is 17.8. The topological polar surface area (TPSA) is 20.2 Å². The van der Waals surface area contributed by atoms with Gasteiger partial charge in [-0.3, -0.25) is 0 Å². The lowest BCUT2D eigenvalue weighted by atomic mass is 9.55. The number of hydrogen-bond donors (Lipinski definition) is 1. The summed E-state index contributed by atoms with van der Waals surface area (Å²) in [6.07, 6.45) is 3.60. The largest absolute Gasteiger partial charge is 0.508 e. The van der Waals surface area contributed by atoms with E-state index in [4.69, 9.17) is 0 Å². The number of hydrogen-bond acceptors (Lipinski definition) is 1. The van der Waals surface area contributed by atoms with E-state index in [-0.39, 0.29) is 5.41 Å². The fourth-order valence-electron chi connectivity index (χ4n) is 4.72. The van der Waals surface area contributed by atoms with Crippen LogP contribution in [0.4, 0.5) is 0 Å². The van der Waals surface area contributed by atoms with Gasteiger partial charge in [-0.05, 0) is 53.9 Å². The molecule has 1 fully saturated rings. The molecule has 2 atom stereocenters. The molecule has 3 rings (SSSR count). The van der Waals surface area contributed by atoms with Gasteiger partial charge < -0.3 is 5.11 Å². The van der Waals surface area contributed by atoms with E-state index in [9.17, 15) is 5.11 Å². The molecule has 0 bridgehead atoms. The molecule has 0 saturated heterocycles. The van der Waals surface area contributed by atoms with Crippen molar-refractivity contribution in [3.8, 4) is 5.75 Å². The smallest absolute Gasteiger partial charge is 0.115 e. The van der Waals surface area contributed by atoms with Gasteiger partial charge in [0.15, 0.2) is 0 Å². The number of phenolic OH excluding ortho intramolecular Hbond substituents is 1. The second-order valence-corrected chi connectivity index (χ2v) is 7.85. The SMILES string of the molecule is CC.CC1CC(C)(C)CC(c2ccccc2)(c2ccc(O)cc2)C1. The molecular weight excluding hydrogens is 292 g/mol. The highest BCUT2D eigenvalue weighted by Gasteiger charge is 2.44. The van der Waals surface area contributed by atoms with E-state index in [1.165, 1.54) is 24.0 Å². The quantitative estimate of drug-likeness (QED) is 0.664. The third kappa shape index (κ3) is 3.83. The first-order valence-corrected chi connectivity index (χ1v) is 9.26. The van der Waals surface area contributed by atoms with Gasteiger partial charge in [-0.15, -0.1) is 0 Å². The second kappa shape index (κ2) is 7.42. The minimum absolute atomic E-state index is 0.0517. The van der Waals surface area contributed by atoms with E-state index in [1.54, 1.807) is 0 Å². The molecule has 130 valence electrons. The molecule has 0 radical (unpaired) electrons. The van der Waals surface area contributed by atoms with Crippen molar-refractivity contribution >= 4 is 0 Å². The van der Waals surface area contributed by atoms with Crippen LogP contribution >= 0.6 is 0 Å². The van der Waals surface area contributed by atoms with Crippen LogP contribution in [0.2, 0.25) is 0 Å². The van der Waals surface area contributed by atoms with Gasteiger partial charge >= 0.3 is 0 Å². The van der Waals surface area contributed by atoms with Gasteiger partial charge in [0.2, 0.25) is 0 Å². The van der Waals surface area contributed by atoms with Crippen LogP contribution in [0.5, 0.6) is 5.75 Å². The Morgan fingerprint density at radius 2 is 1.38 bits per heavy atom. The molecule has 2 unspecified atom stereocenters. The third-order valence-corrected chi connectivity index (χ3v) is 5.12. The van der Waals surface area contributed by atoms with E-state index < -0.39 is 0 Å². The van der Waals surface area contributed by atoms with E-state index in [2.05, 4.69) is 63.2 Å². The molecule has 1 aliphatic carbocycles. The van der Waals surface area contributed by atoms with Gasteiger partial charge in [0.25, 0.3) is 0 Å². The predicted molar refractivity (Wildman–Crippen MR) is 103 cm³/mol. The molecule has 24 heavy (non-hydrogen) atoms. The number of phenols is 1. The number of aromatic hydroxyl groups is 1. The van der Waals surface area contributed by atoms with Crippen LogP contribution < -0.4 is 0 Å². The molecule has 0 aliphatic heterocycles. The highest BCUT2D eigenvalue weighted by Crippen LogP contribution is 2.53. The fourth-order valence-corrected chi connectivity index (χ4v) is 4.72. The zero-order valence-corrected chi connectivity index (χ0v) is 15.8. The first kappa shape index (κ1) is 18.6. The Balaban J connectivity index is 0.00000100. The Bertz CT molecular complexity index is 627. The summed E-state index contributed by atoms with van der Waals surface area (Å²) in [5, 5.41) is 9.66. The second-order valence-electron chi connectivity index (χ2n) is 7.85. The monoisotopic (exact) mass is 324 g/mol. The molecule has 1 saturated carbocycles. The van der Waals surface area contributed by atoms with E-state index in [0.717, 1.165) is 6.42 Å². The minimum Gasteiger partial charge on any atom is -0.508 e. The molecule has 0 aromatic heterocycles. The van der Waals surface area contributed by atoms with Gasteiger partial charge in [-0.1, -0.05) is 77.1 Å². The lowest BCUT2D eigenvalue weighted by molar-refractivity contribution is 0.127. The molecule has 1 nitrogen and oxygen atoms in total. The van der Waals surface area contributed by atoms with Gasteiger partial charge in [0.05, 0.1) is 0 Å². The van der Waals surface area contributed by atoms with E-state index >= 15 is 0 Å². The van der Waals surface area contributed by atoms with Gasteiger partial charge in [-0.2, -0.15) is 0 Å². The van der Waals surface area contributed by atoms with Crippen molar-refractivity contribution in [3.05, 3.63) is 65.7 Å². The van der Waals surface area contributed by atoms with Crippen LogP contribution in [0.25, 0.3) is 0 Å². The normalized spacial score (nSPS) is 25.5. The summed E-state index contributed by atoms with van der Waals surface area (Å²) in [7, 11) is 0. The Morgan fingerprint density at radius 1 is 0.833 bits per heavy atom. The Labute approximate surface area is 147 Å². The third-order valence-electron chi connectivity index (χ3n) is 5.12. The van der Waals surface area contributed by atoms with Crippen molar-refractivity contribution in [2.24, 2.45) is 11.3 Å². The first-order valence-electron chi connectivity index (χ1n) is 9.26. The maximum absolute atomic E-state index is 9.66.